The molecule has 1 fully saturated rings. The Bertz CT molecular complexity index is 510. The molecule has 2 N–H and O–H groups in total. The van der Waals surface area contributed by atoms with Gasteiger partial charge in [-0.1, -0.05) is 43.1 Å². The molecule has 0 radical (unpaired) electrons. The molecule has 1 heterocycles. The second-order valence-corrected chi connectivity index (χ2v) is 6.95. The summed E-state index contributed by atoms with van der Waals surface area (Å²) in [6, 6.07) is 8.16. The average Bonchev–Trinajstić information content (AvgIpc) is 2.61. The van der Waals surface area contributed by atoms with Crippen LogP contribution in [0.3, 0.4) is 0 Å². The van der Waals surface area contributed by atoms with Crippen molar-refractivity contribution in [3.63, 3.8) is 0 Å². The van der Waals surface area contributed by atoms with Crippen LogP contribution in [-0.2, 0) is 6.54 Å². The fourth-order valence-corrected chi connectivity index (χ4v) is 3.26. The van der Waals surface area contributed by atoms with E-state index in [-0.39, 0.29) is 0 Å². The van der Waals surface area contributed by atoms with E-state index in [0.717, 1.165) is 49.6 Å². The third-order valence-electron chi connectivity index (χ3n) is 4.66. The molecule has 0 aliphatic carbocycles. The standard InChI is InChI=1S/C19H31ClN4/c1-3-4-11-22-19(21-2)23-14-16-9-12-24(13-10-16)15-17-7-5-6-8-18(17)20/h5-8,16H,3-4,9-15H2,1-2H3,(H2,21,22,23). The van der Waals surface area contributed by atoms with Crippen molar-refractivity contribution < 1.29 is 0 Å². The summed E-state index contributed by atoms with van der Waals surface area (Å²) in [6.45, 7) is 7.44. The quantitative estimate of drug-likeness (QED) is 0.449. The predicted octanol–water partition coefficient (Wildman–Crippen LogP) is 3.52. The molecule has 0 aromatic heterocycles. The first kappa shape index (κ1) is 19.1. The Hall–Kier alpha value is -1.26. The van der Waals surface area contributed by atoms with E-state index >= 15 is 0 Å². The summed E-state index contributed by atoms with van der Waals surface area (Å²) in [4.78, 5) is 6.80. The van der Waals surface area contributed by atoms with Crippen molar-refractivity contribution in [2.45, 2.75) is 39.2 Å². The summed E-state index contributed by atoms with van der Waals surface area (Å²) >= 11 is 6.27. The third kappa shape index (κ3) is 6.33. The maximum Gasteiger partial charge on any atom is 0.190 e. The van der Waals surface area contributed by atoms with Crippen LogP contribution in [0.4, 0.5) is 0 Å². The van der Waals surface area contributed by atoms with Crippen LogP contribution in [0.2, 0.25) is 5.02 Å². The molecule has 1 saturated heterocycles. The van der Waals surface area contributed by atoms with Crippen LogP contribution < -0.4 is 10.6 Å². The smallest absolute Gasteiger partial charge is 0.190 e. The number of benzene rings is 1. The lowest BCUT2D eigenvalue weighted by Crippen LogP contribution is -2.43. The zero-order valence-corrected chi connectivity index (χ0v) is 15.8. The Morgan fingerprint density at radius 2 is 2.00 bits per heavy atom. The molecule has 2 rings (SSSR count). The maximum atomic E-state index is 6.27. The van der Waals surface area contributed by atoms with Gasteiger partial charge in [-0.15, -0.1) is 0 Å². The third-order valence-corrected chi connectivity index (χ3v) is 5.03. The lowest BCUT2D eigenvalue weighted by molar-refractivity contribution is 0.178. The monoisotopic (exact) mass is 350 g/mol. The number of guanidine groups is 1. The lowest BCUT2D eigenvalue weighted by Gasteiger charge is -2.32. The van der Waals surface area contributed by atoms with Gasteiger partial charge in [0, 0.05) is 31.7 Å². The highest BCUT2D eigenvalue weighted by atomic mass is 35.5. The van der Waals surface area contributed by atoms with Crippen LogP contribution in [0.1, 0.15) is 38.2 Å². The van der Waals surface area contributed by atoms with E-state index in [1.54, 1.807) is 0 Å². The van der Waals surface area contributed by atoms with Gasteiger partial charge in [-0.3, -0.25) is 9.89 Å². The number of rotatable bonds is 7. The molecule has 0 saturated carbocycles. The minimum Gasteiger partial charge on any atom is -0.356 e. The van der Waals surface area contributed by atoms with Gasteiger partial charge in [-0.25, -0.2) is 0 Å². The van der Waals surface area contributed by atoms with Crippen molar-refractivity contribution in [3.8, 4) is 0 Å². The van der Waals surface area contributed by atoms with Gasteiger partial charge in [0.1, 0.15) is 0 Å². The molecule has 4 nitrogen and oxygen atoms in total. The molecule has 24 heavy (non-hydrogen) atoms. The van der Waals surface area contributed by atoms with E-state index in [4.69, 9.17) is 11.6 Å². The molecule has 5 heteroatoms. The molecule has 0 unspecified atom stereocenters. The Balaban J connectivity index is 1.68. The van der Waals surface area contributed by atoms with Crippen molar-refractivity contribution in [2.24, 2.45) is 10.9 Å². The molecular formula is C19H31ClN4. The minimum atomic E-state index is 0.720. The molecule has 0 spiro atoms. The largest absolute Gasteiger partial charge is 0.356 e. The first-order valence-corrected chi connectivity index (χ1v) is 9.51. The van der Waals surface area contributed by atoms with Crippen LogP contribution >= 0.6 is 11.6 Å². The fraction of sp³-hybridized carbons (Fsp3) is 0.632. The van der Waals surface area contributed by atoms with Crippen molar-refractivity contribution in [1.29, 1.82) is 0 Å². The molecular weight excluding hydrogens is 320 g/mol. The highest BCUT2D eigenvalue weighted by molar-refractivity contribution is 6.31. The number of aliphatic imine (C=N–C) groups is 1. The number of hydrogen-bond acceptors (Lipinski definition) is 2. The maximum absolute atomic E-state index is 6.27. The van der Waals surface area contributed by atoms with E-state index in [9.17, 15) is 0 Å². The Morgan fingerprint density at radius 1 is 1.25 bits per heavy atom. The number of halogens is 1. The van der Waals surface area contributed by atoms with Crippen molar-refractivity contribution >= 4 is 17.6 Å². The van der Waals surface area contributed by atoms with Crippen LogP contribution in [0.15, 0.2) is 29.3 Å². The molecule has 0 amide bonds. The Labute approximate surface area is 151 Å². The van der Waals surface area contributed by atoms with Gasteiger partial charge in [0.2, 0.25) is 0 Å². The zero-order chi connectivity index (χ0) is 17.2. The molecule has 1 aromatic rings. The molecule has 0 atom stereocenters. The summed E-state index contributed by atoms with van der Waals surface area (Å²) in [7, 11) is 1.84. The van der Waals surface area contributed by atoms with Crippen molar-refractivity contribution in [3.05, 3.63) is 34.9 Å². The first-order valence-electron chi connectivity index (χ1n) is 9.13. The van der Waals surface area contributed by atoms with Crippen molar-refractivity contribution in [1.82, 2.24) is 15.5 Å². The van der Waals surface area contributed by atoms with Crippen LogP contribution in [0, 0.1) is 5.92 Å². The number of piperidine rings is 1. The van der Waals surface area contributed by atoms with E-state index in [0.29, 0.717) is 0 Å². The number of hydrogen-bond donors (Lipinski definition) is 2. The van der Waals surface area contributed by atoms with Gasteiger partial charge < -0.3 is 10.6 Å². The van der Waals surface area contributed by atoms with E-state index in [2.05, 4.69) is 39.6 Å². The summed E-state index contributed by atoms with van der Waals surface area (Å²) in [6.07, 6.45) is 4.84. The number of nitrogens with one attached hydrogen (secondary N) is 2. The highest BCUT2D eigenvalue weighted by Crippen LogP contribution is 2.21. The van der Waals surface area contributed by atoms with Crippen LogP contribution in [-0.4, -0.2) is 44.1 Å². The summed E-state index contributed by atoms with van der Waals surface area (Å²) in [5.74, 6) is 1.65. The molecule has 0 bridgehead atoms. The van der Waals surface area contributed by atoms with Gasteiger partial charge in [-0.2, -0.15) is 0 Å². The predicted molar refractivity (Wildman–Crippen MR) is 104 cm³/mol. The first-order chi connectivity index (χ1) is 11.7. The van der Waals surface area contributed by atoms with Crippen LogP contribution in [0.25, 0.3) is 0 Å². The number of unbranched alkanes of at least 4 members (excludes halogenated alkanes) is 1. The number of nitrogens with zero attached hydrogens (tertiary/aromatic N) is 2. The zero-order valence-electron chi connectivity index (χ0n) is 15.0. The van der Waals surface area contributed by atoms with E-state index in [1.165, 1.54) is 31.2 Å². The summed E-state index contributed by atoms with van der Waals surface area (Å²) in [5, 5.41) is 7.72. The molecule has 134 valence electrons. The minimum absolute atomic E-state index is 0.720. The number of likely N-dealkylation sites (tertiary alicyclic amines) is 1. The average molecular weight is 351 g/mol. The molecule has 1 aliphatic heterocycles. The van der Waals surface area contributed by atoms with Gasteiger partial charge in [-0.05, 0) is 49.9 Å². The summed E-state index contributed by atoms with van der Waals surface area (Å²) < 4.78 is 0. The van der Waals surface area contributed by atoms with Gasteiger partial charge in [0.15, 0.2) is 5.96 Å². The lowest BCUT2D eigenvalue weighted by atomic mass is 9.96. The molecule has 1 aromatic carbocycles. The second kappa shape index (κ2) is 10.6. The van der Waals surface area contributed by atoms with Crippen molar-refractivity contribution in [2.75, 3.05) is 33.2 Å². The SMILES string of the molecule is CCCCNC(=NC)NCC1CCN(Cc2ccccc2Cl)CC1. The van der Waals surface area contributed by atoms with E-state index < -0.39 is 0 Å². The normalized spacial score (nSPS) is 17.0. The van der Waals surface area contributed by atoms with E-state index in [1.807, 2.05) is 19.2 Å². The van der Waals surface area contributed by atoms with Crippen LogP contribution in [0.5, 0.6) is 0 Å². The molecule has 1 aliphatic rings. The topological polar surface area (TPSA) is 39.7 Å². The van der Waals surface area contributed by atoms with Gasteiger partial charge in [0.25, 0.3) is 0 Å². The van der Waals surface area contributed by atoms with Gasteiger partial charge in [0.05, 0.1) is 0 Å². The Morgan fingerprint density at radius 3 is 2.67 bits per heavy atom. The fourth-order valence-electron chi connectivity index (χ4n) is 3.06. The van der Waals surface area contributed by atoms with Gasteiger partial charge >= 0.3 is 0 Å². The highest BCUT2D eigenvalue weighted by Gasteiger charge is 2.19. The summed E-state index contributed by atoms with van der Waals surface area (Å²) in [5.41, 5.74) is 1.23. The second-order valence-electron chi connectivity index (χ2n) is 6.54. The Kier molecular flexibility index (Phi) is 8.40.